The summed E-state index contributed by atoms with van der Waals surface area (Å²) in [7, 11) is 1.96. The van der Waals surface area contributed by atoms with Crippen LogP contribution in [-0.4, -0.2) is 74.3 Å². The zero-order chi connectivity index (χ0) is 19.9. The van der Waals surface area contributed by atoms with Crippen molar-refractivity contribution in [3.63, 3.8) is 0 Å². The van der Waals surface area contributed by atoms with E-state index < -0.39 is 11.4 Å². The van der Waals surface area contributed by atoms with Gasteiger partial charge in [0, 0.05) is 25.3 Å². The van der Waals surface area contributed by atoms with E-state index in [0.29, 0.717) is 37.3 Å². The number of carbonyl (C=O) groups is 2. The van der Waals surface area contributed by atoms with Gasteiger partial charge in [-0.3, -0.25) is 9.59 Å². The van der Waals surface area contributed by atoms with Gasteiger partial charge in [-0.2, -0.15) is 5.10 Å². The van der Waals surface area contributed by atoms with Gasteiger partial charge in [0.2, 0.25) is 0 Å². The molecule has 28 heavy (non-hydrogen) atoms. The molecule has 0 aliphatic carbocycles. The zero-order valence-corrected chi connectivity index (χ0v) is 16.2. The normalized spacial score (nSPS) is 25.4. The van der Waals surface area contributed by atoms with Crippen LogP contribution in [0.25, 0.3) is 5.82 Å². The van der Waals surface area contributed by atoms with Gasteiger partial charge in [-0.25, -0.2) is 9.67 Å². The van der Waals surface area contributed by atoms with E-state index >= 15 is 0 Å². The lowest BCUT2D eigenvalue weighted by Crippen LogP contribution is -2.63. The van der Waals surface area contributed by atoms with Crippen molar-refractivity contribution in [3.8, 4) is 5.82 Å². The van der Waals surface area contributed by atoms with Gasteiger partial charge < -0.3 is 14.9 Å². The fraction of sp³-hybridized carbons (Fsp3) is 0.500. The number of likely N-dealkylation sites (N-methyl/N-ethyl adjacent to an activating group) is 1. The molecule has 0 saturated carbocycles. The summed E-state index contributed by atoms with van der Waals surface area (Å²) in [6, 6.07) is 5.38. The molecule has 2 aromatic heterocycles. The van der Waals surface area contributed by atoms with Crippen molar-refractivity contribution in [2.45, 2.75) is 32.2 Å². The molecule has 148 valence electrons. The predicted octanol–water partition coefficient (Wildman–Crippen LogP) is 1.59. The van der Waals surface area contributed by atoms with Gasteiger partial charge in [0.05, 0.1) is 22.9 Å². The van der Waals surface area contributed by atoms with Gasteiger partial charge in [0.1, 0.15) is 0 Å². The Balaban J connectivity index is 1.59. The Kier molecular flexibility index (Phi) is 4.66. The SMILES string of the molecule is Cc1c(C(=O)N2CC[C@@]3(C(=O)O)CCCN(C)[C@@H]3C2)cnn1-c1ccccn1. The monoisotopic (exact) mass is 383 g/mol. The van der Waals surface area contributed by atoms with Crippen molar-refractivity contribution in [3.05, 3.63) is 41.9 Å². The number of rotatable bonds is 3. The van der Waals surface area contributed by atoms with Crippen LogP contribution >= 0.6 is 0 Å². The number of carbonyl (C=O) groups excluding carboxylic acids is 1. The van der Waals surface area contributed by atoms with Crippen LogP contribution in [0.4, 0.5) is 0 Å². The highest BCUT2D eigenvalue weighted by atomic mass is 16.4. The number of aromatic nitrogens is 3. The first kappa shape index (κ1) is 18.6. The Morgan fingerprint density at radius 3 is 2.79 bits per heavy atom. The fourth-order valence-electron chi connectivity index (χ4n) is 4.67. The summed E-state index contributed by atoms with van der Waals surface area (Å²) in [4.78, 5) is 33.4. The number of aliphatic carboxylic acids is 1. The van der Waals surface area contributed by atoms with Crippen molar-refractivity contribution >= 4 is 11.9 Å². The molecule has 8 nitrogen and oxygen atoms in total. The molecule has 2 aromatic rings. The average Bonchev–Trinajstić information content (AvgIpc) is 3.09. The average molecular weight is 383 g/mol. The molecule has 0 radical (unpaired) electrons. The number of fused-ring (bicyclic) bond motifs is 1. The summed E-state index contributed by atoms with van der Waals surface area (Å²) in [5.41, 5.74) is 0.513. The third-order valence-corrected chi connectivity index (χ3v) is 6.34. The smallest absolute Gasteiger partial charge is 0.311 e. The molecule has 2 fully saturated rings. The van der Waals surface area contributed by atoms with Gasteiger partial charge in [-0.1, -0.05) is 6.07 Å². The summed E-state index contributed by atoms with van der Waals surface area (Å²) >= 11 is 0. The zero-order valence-electron chi connectivity index (χ0n) is 16.2. The summed E-state index contributed by atoms with van der Waals surface area (Å²) in [6.45, 7) is 3.59. The van der Waals surface area contributed by atoms with Gasteiger partial charge in [-0.05, 0) is 51.9 Å². The van der Waals surface area contributed by atoms with Gasteiger partial charge in [0.15, 0.2) is 5.82 Å². The number of hydrogen-bond donors (Lipinski definition) is 1. The second-order valence-electron chi connectivity index (χ2n) is 7.81. The van der Waals surface area contributed by atoms with Crippen LogP contribution in [0.5, 0.6) is 0 Å². The molecule has 4 rings (SSSR count). The quantitative estimate of drug-likeness (QED) is 0.865. The Hall–Kier alpha value is -2.74. The summed E-state index contributed by atoms with van der Waals surface area (Å²) < 4.78 is 1.66. The highest BCUT2D eigenvalue weighted by Crippen LogP contribution is 2.42. The lowest BCUT2D eigenvalue weighted by atomic mass is 9.68. The highest BCUT2D eigenvalue weighted by Gasteiger charge is 2.53. The molecule has 8 heteroatoms. The van der Waals surface area contributed by atoms with Crippen molar-refractivity contribution in [1.82, 2.24) is 24.6 Å². The maximum atomic E-state index is 13.2. The van der Waals surface area contributed by atoms with E-state index in [0.717, 1.165) is 18.7 Å². The van der Waals surface area contributed by atoms with Crippen LogP contribution in [0, 0.1) is 12.3 Å². The Morgan fingerprint density at radius 1 is 1.25 bits per heavy atom. The molecule has 0 aromatic carbocycles. The number of carboxylic acids is 1. The first-order valence-corrected chi connectivity index (χ1v) is 9.63. The molecule has 0 spiro atoms. The minimum atomic E-state index is -0.753. The molecule has 4 heterocycles. The summed E-state index contributed by atoms with van der Waals surface area (Å²) in [6.07, 6.45) is 5.30. The van der Waals surface area contributed by atoms with E-state index in [2.05, 4.69) is 15.0 Å². The Labute approximate surface area is 163 Å². The predicted molar refractivity (Wildman–Crippen MR) is 102 cm³/mol. The molecule has 0 bridgehead atoms. The van der Waals surface area contributed by atoms with E-state index in [9.17, 15) is 14.7 Å². The maximum absolute atomic E-state index is 13.2. The van der Waals surface area contributed by atoms with Crippen molar-refractivity contribution in [2.24, 2.45) is 5.41 Å². The van der Waals surface area contributed by atoms with E-state index in [1.54, 1.807) is 22.0 Å². The van der Waals surface area contributed by atoms with Crippen LogP contribution in [0.3, 0.4) is 0 Å². The molecule has 2 saturated heterocycles. The molecular formula is C20H25N5O3. The lowest BCUT2D eigenvalue weighted by molar-refractivity contribution is -0.161. The molecule has 2 atom stereocenters. The topological polar surface area (TPSA) is 91.6 Å². The number of hydrogen-bond acceptors (Lipinski definition) is 5. The van der Waals surface area contributed by atoms with Crippen LogP contribution in [0.15, 0.2) is 30.6 Å². The minimum absolute atomic E-state index is 0.0994. The van der Waals surface area contributed by atoms with Crippen molar-refractivity contribution < 1.29 is 14.7 Å². The third-order valence-electron chi connectivity index (χ3n) is 6.34. The minimum Gasteiger partial charge on any atom is -0.481 e. The molecule has 1 N–H and O–H groups in total. The second-order valence-corrected chi connectivity index (χ2v) is 7.81. The Bertz CT molecular complexity index is 897. The van der Waals surface area contributed by atoms with Gasteiger partial charge >= 0.3 is 5.97 Å². The van der Waals surface area contributed by atoms with Gasteiger partial charge in [0.25, 0.3) is 5.91 Å². The third kappa shape index (κ3) is 2.88. The van der Waals surface area contributed by atoms with Crippen LogP contribution in [-0.2, 0) is 4.79 Å². The van der Waals surface area contributed by atoms with E-state index in [-0.39, 0.29) is 11.9 Å². The number of nitrogens with zero attached hydrogens (tertiary/aromatic N) is 5. The van der Waals surface area contributed by atoms with E-state index in [1.807, 2.05) is 32.2 Å². The fourth-order valence-corrected chi connectivity index (χ4v) is 4.67. The second kappa shape index (κ2) is 7.01. The lowest BCUT2D eigenvalue weighted by Gasteiger charge is -2.51. The van der Waals surface area contributed by atoms with E-state index in [4.69, 9.17) is 0 Å². The van der Waals surface area contributed by atoms with Gasteiger partial charge in [-0.15, -0.1) is 0 Å². The number of carboxylic acid groups (broad SMARTS) is 1. The Morgan fingerprint density at radius 2 is 2.07 bits per heavy atom. The van der Waals surface area contributed by atoms with Crippen molar-refractivity contribution in [2.75, 3.05) is 26.7 Å². The number of likely N-dealkylation sites (tertiary alicyclic amines) is 2. The van der Waals surface area contributed by atoms with Crippen LogP contribution < -0.4 is 0 Å². The molecule has 2 aliphatic rings. The first-order chi connectivity index (χ1) is 13.4. The molecule has 1 amide bonds. The first-order valence-electron chi connectivity index (χ1n) is 9.63. The summed E-state index contributed by atoms with van der Waals surface area (Å²) in [5, 5.41) is 14.2. The highest BCUT2D eigenvalue weighted by molar-refractivity contribution is 5.95. The molecule has 2 aliphatic heterocycles. The largest absolute Gasteiger partial charge is 0.481 e. The number of piperidine rings is 2. The standard InChI is InChI=1S/C20H25N5O3/c1-14-15(12-22-25(14)17-6-3-4-9-21-17)18(26)24-11-8-20(19(27)28)7-5-10-23(2)16(20)13-24/h3-4,6,9,12,16H,5,7-8,10-11,13H2,1-2H3,(H,27,28)/t16-,20+/m1/s1. The van der Waals surface area contributed by atoms with E-state index in [1.165, 1.54) is 0 Å². The molecular weight excluding hydrogens is 358 g/mol. The maximum Gasteiger partial charge on any atom is 0.311 e. The molecule has 0 unspecified atom stereocenters. The van der Waals surface area contributed by atoms with Crippen LogP contribution in [0.2, 0.25) is 0 Å². The van der Waals surface area contributed by atoms with Crippen molar-refractivity contribution in [1.29, 1.82) is 0 Å². The summed E-state index contributed by atoms with van der Waals surface area (Å²) in [5.74, 6) is -0.178. The van der Waals surface area contributed by atoms with Crippen LogP contribution in [0.1, 0.15) is 35.3 Å². The number of amides is 1. The number of pyridine rings is 1.